The van der Waals surface area contributed by atoms with Crippen LogP contribution in [0.3, 0.4) is 0 Å². The summed E-state index contributed by atoms with van der Waals surface area (Å²) < 4.78 is 0. The molecule has 2 rings (SSSR count). The van der Waals surface area contributed by atoms with Crippen LogP contribution in [0.5, 0.6) is 0 Å². The van der Waals surface area contributed by atoms with Gasteiger partial charge >= 0.3 is 0 Å². The Morgan fingerprint density at radius 2 is 1.58 bits per heavy atom. The average Bonchev–Trinajstić information content (AvgIpc) is 2.58. The maximum Gasteiger partial charge on any atom is 0.226 e. The smallest absolute Gasteiger partial charge is 0.226 e. The SMILES string of the molecule is CC(=O)c1ccc(N(CCC(=O)Nc2ccc(C)c(C)c2)C(C)=O)cc1. The van der Waals surface area contributed by atoms with Gasteiger partial charge < -0.3 is 10.2 Å². The standard InChI is InChI=1S/C21H24N2O3/c1-14-5-8-19(13-15(14)2)22-21(26)11-12-23(17(4)25)20-9-6-18(7-10-20)16(3)24/h5-10,13H,11-12H2,1-4H3,(H,22,26). The number of amides is 2. The number of carbonyl (C=O) groups excluding carboxylic acids is 3. The van der Waals surface area contributed by atoms with Gasteiger partial charge in [0.05, 0.1) is 0 Å². The van der Waals surface area contributed by atoms with Gasteiger partial charge in [0.1, 0.15) is 0 Å². The fourth-order valence-corrected chi connectivity index (χ4v) is 2.60. The Morgan fingerprint density at radius 3 is 2.12 bits per heavy atom. The number of benzene rings is 2. The number of hydrogen-bond acceptors (Lipinski definition) is 3. The summed E-state index contributed by atoms with van der Waals surface area (Å²) in [4.78, 5) is 37.1. The molecule has 0 atom stereocenters. The van der Waals surface area contributed by atoms with E-state index >= 15 is 0 Å². The summed E-state index contributed by atoms with van der Waals surface area (Å²) in [6.45, 7) is 7.23. The molecule has 0 fully saturated rings. The minimum absolute atomic E-state index is 0.0290. The van der Waals surface area contributed by atoms with Crippen LogP contribution >= 0.6 is 0 Å². The van der Waals surface area contributed by atoms with Crippen molar-refractivity contribution >= 4 is 29.0 Å². The molecule has 2 aromatic carbocycles. The monoisotopic (exact) mass is 352 g/mol. The van der Waals surface area contributed by atoms with E-state index in [1.807, 2.05) is 32.0 Å². The lowest BCUT2D eigenvalue weighted by Crippen LogP contribution is -2.32. The normalized spacial score (nSPS) is 10.3. The first-order chi connectivity index (χ1) is 12.3. The number of hydrogen-bond donors (Lipinski definition) is 1. The lowest BCUT2D eigenvalue weighted by atomic mass is 10.1. The molecular formula is C21H24N2O3. The van der Waals surface area contributed by atoms with Gasteiger partial charge in [-0.15, -0.1) is 0 Å². The predicted molar refractivity (Wildman–Crippen MR) is 104 cm³/mol. The fraction of sp³-hybridized carbons (Fsp3) is 0.286. The van der Waals surface area contributed by atoms with Crippen LogP contribution in [0.1, 0.15) is 41.8 Å². The van der Waals surface area contributed by atoms with Crippen LogP contribution in [0.15, 0.2) is 42.5 Å². The molecule has 0 saturated carbocycles. The molecule has 5 heteroatoms. The Hall–Kier alpha value is -2.95. The minimum atomic E-state index is -0.153. The minimum Gasteiger partial charge on any atom is -0.326 e. The molecule has 5 nitrogen and oxygen atoms in total. The number of Topliss-reactive ketones (excluding diaryl/α,β-unsaturated/α-hetero) is 1. The summed E-state index contributed by atoms with van der Waals surface area (Å²) >= 11 is 0. The van der Waals surface area contributed by atoms with Crippen molar-refractivity contribution in [3.05, 3.63) is 59.2 Å². The highest BCUT2D eigenvalue weighted by Gasteiger charge is 2.14. The molecule has 2 aromatic rings. The van der Waals surface area contributed by atoms with Gasteiger partial charge in [0, 0.05) is 36.8 Å². The van der Waals surface area contributed by atoms with Crippen LogP contribution < -0.4 is 10.2 Å². The molecule has 0 spiro atoms. The molecule has 0 radical (unpaired) electrons. The highest BCUT2D eigenvalue weighted by atomic mass is 16.2. The predicted octanol–water partition coefficient (Wildman–Crippen LogP) is 3.89. The number of rotatable bonds is 6. The summed E-state index contributed by atoms with van der Waals surface area (Å²) in [5.41, 5.74) is 4.28. The van der Waals surface area contributed by atoms with Crippen LogP contribution in [0.4, 0.5) is 11.4 Å². The molecule has 0 aromatic heterocycles. The van der Waals surface area contributed by atoms with Gasteiger partial charge in [-0.2, -0.15) is 0 Å². The van der Waals surface area contributed by atoms with Gasteiger partial charge in [0.15, 0.2) is 5.78 Å². The van der Waals surface area contributed by atoms with Gasteiger partial charge in [-0.3, -0.25) is 14.4 Å². The topological polar surface area (TPSA) is 66.5 Å². The van der Waals surface area contributed by atoms with E-state index in [0.29, 0.717) is 11.3 Å². The van der Waals surface area contributed by atoms with E-state index in [2.05, 4.69) is 5.32 Å². The van der Waals surface area contributed by atoms with Crippen molar-refractivity contribution in [2.45, 2.75) is 34.1 Å². The lowest BCUT2D eigenvalue weighted by molar-refractivity contribution is -0.117. The number of anilines is 2. The second-order valence-corrected chi connectivity index (χ2v) is 6.37. The first-order valence-electron chi connectivity index (χ1n) is 8.54. The third-order valence-electron chi connectivity index (χ3n) is 4.32. The molecule has 0 aliphatic heterocycles. The molecule has 0 aliphatic carbocycles. The van der Waals surface area contributed by atoms with Crippen molar-refractivity contribution in [2.75, 3.05) is 16.8 Å². The molecule has 0 heterocycles. The maximum atomic E-state index is 12.2. The van der Waals surface area contributed by atoms with Crippen molar-refractivity contribution in [2.24, 2.45) is 0 Å². The molecule has 136 valence electrons. The number of nitrogens with zero attached hydrogens (tertiary/aromatic N) is 1. The van der Waals surface area contributed by atoms with E-state index in [4.69, 9.17) is 0 Å². The van der Waals surface area contributed by atoms with E-state index in [0.717, 1.165) is 11.3 Å². The highest BCUT2D eigenvalue weighted by molar-refractivity contribution is 5.97. The summed E-state index contributed by atoms with van der Waals surface area (Å²) in [7, 11) is 0. The first kappa shape index (κ1) is 19.4. The molecule has 2 amide bonds. The van der Waals surface area contributed by atoms with Gasteiger partial charge in [-0.1, -0.05) is 6.07 Å². The van der Waals surface area contributed by atoms with Crippen LogP contribution in [-0.4, -0.2) is 24.1 Å². The molecule has 1 N–H and O–H groups in total. The third-order valence-corrected chi connectivity index (χ3v) is 4.32. The van der Waals surface area contributed by atoms with Crippen LogP contribution in [0, 0.1) is 13.8 Å². The van der Waals surface area contributed by atoms with Crippen molar-refractivity contribution in [3.8, 4) is 0 Å². The number of carbonyl (C=O) groups is 3. The van der Waals surface area contributed by atoms with Crippen molar-refractivity contribution in [1.29, 1.82) is 0 Å². The highest BCUT2D eigenvalue weighted by Crippen LogP contribution is 2.18. The first-order valence-corrected chi connectivity index (χ1v) is 8.54. The van der Waals surface area contributed by atoms with Crippen molar-refractivity contribution in [3.63, 3.8) is 0 Å². The van der Waals surface area contributed by atoms with E-state index in [1.54, 1.807) is 24.3 Å². The second kappa shape index (κ2) is 8.43. The van der Waals surface area contributed by atoms with E-state index < -0.39 is 0 Å². The number of aryl methyl sites for hydroxylation is 2. The Balaban J connectivity index is 2.01. The molecule has 26 heavy (non-hydrogen) atoms. The Labute approximate surface area is 154 Å². The molecule has 0 unspecified atom stereocenters. The van der Waals surface area contributed by atoms with Crippen molar-refractivity contribution < 1.29 is 14.4 Å². The summed E-state index contributed by atoms with van der Waals surface area (Å²) in [5, 5.41) is 2.86. The Bertz CT molecular complexity index is 826. The molecule has 0 saturated heterocycles. The zero-order valence-electron chi connectivity index (χ0n) is 15.6. The van der Waals surface area contributed by atoms with E-state index in [1.165, 1.54) is 24.3 Å². The molecule has 0 bridgehead atoms. The van der Waals surface area contributed by atoms with Gasteiger partial charge in [0.2, 0.25) is 11.8 Å². The Morgan fingerprint density at radius 1 is 0.923 bits per heavy atom. The lowest BCUT2D eigenvalue weighted by Gasteiger charge is -2.21. The summed E-state index contributed by atoms with van der Waals surface area (Å²) in [5.74, 6) is -0.335. The second-order valence-electron chi connectivity index (χ2n) is 6.37. The fourth-order valence-electron chi connectivity index (χ4n) is 2.60. The molecular weight excluding hydrogens is 328 g/mol. The zero-order chi connectivity index (χ0) is 19.3. The van der Waals surface area contributed by atoms with E-state index in [-0.39, 0.29) is 30.6 Å². The number of ketones is 1. The van der Waals surface area contributed by atoms with Gasteiger partial charge in [-0.05, 0) is 68.3 Å². The summed E-state index contributed by atoms with van der Waals surface area (Å²) in [6, 6.07) is 12.6. The number of nitrogens with one attached hydrogen (secondary N) is 1. The van der Waals surface area contributed by atoms with Gasteiger partial charge in [0.25, 0.3) is 0 Å². The van der Waals surface area contributed by atoms with Crippen LogP contribution in [0.2, 0.25) is 0 Å². The average molecular weight is 352 g/mol. The van der Waals surface area contributed by atoms with Crippen LogP contribution in [-0.2, 0) is 9.59 Å². The summed E-state index contributed by atoms with van der Waals surface area (Å²) in [6.07, 6.45) is 0.182. The molecule has 0 aliphatic rings. The Kier molecular flexibility index (Phi) is 6.28. The maximum absolute atomic E-state index is 12.2. The zero-order valence-corrected chi connectivity index (χ0v) is 15.6. The largest absolute Gasteiger partial charge is 0.326 e. The van der Waals surface area contributed by atoms with Gasteiger partial charge in [-0.25, -0.2) is 0 Å². The third kappa shape index (κ3) is 5.02. The van der Waals surface area contributed by atoms with Crippen LogP contribution in [0.25, 0.3) is 0 Å². The van der Waals surface area contributed by atoms with E-state index in [9.17, 15) is 14.4 Å². The van der Waals surface area contributed by atoms with Crippen molar-refractivity contribution in [1.82, 2.24) is 0 Å². The quantitative estimate of drug-likeness (QED) is 0.802.